The van der Waals surface area contributed by atoms with Gasteiger partial charge in [0.25, 0.3) is 0 Å². The van der Waals surface area contributed by atoms with Crippen molar-refractivity contribution in [2.24, 2.45) is 0 Å². The maximum Gasteiger partial charge on any atom is 0.150 e. The van der Waals surface area contributed by atoms with Crippen molar-refractivity contribution in [2.75, 3.05) is 17.6 Å². The van der Waals surface area contributed by atoms with Crippen LogP contribution in [0.3, 0.4) is 0 Å². The number of halogens is 2. The molecule has 0 bridgehead atoms. The Morgan fingerprint density at radius 1 is 1.19 bits per heavy atom. The van der Waals surface area contributed by atoms with Crippen molar-refractivity contribution in [1.29, 1.82) is 5.26 Å². The van der Waals surface area contributed by atoms with Crippen molar-refractivity contribution in [3.05, 3.63) is 59.2 Å². The number of aliphatic hydroxyl groups is 1. The van der Waals surface area contributed by atoms with E-state index in [2.05, 4.69) is 5.32 Å². The lowest BCUT2D eigenvalue weighted by Gasteiger charge is -2.14. The first-order chi connectivity index (χ1) is 10.0. The lowest BCUT2D eigenvalue weighted by molar-refractivity contribution is 0.191. The molecule has 0 radical (unpaired) electrons. The van der Waals surface area contributed by atoms with Crippen LogP contribution in [0.25, 0.3) is 0 Å². The summed E-state index contributed by atoms with van der Waals surface area (Å²) >= 11 is 0. The number of nitrogens with one attached hydrogen (secondary N) is 1. The van der Waals surface area contributed by atoms with Gasteiger partial charge in [0.2, 0.25) is 0 Å². The highest BCUT2D eigenvalue weighted by Gasteiger charge is 2.13. The highest BCUT2D eigenvalue weighted by atomic mass is 19.1. The van der Waals surface area contributed by atoms with Gasteiger partial charge < -0.3 is 16.2 Å². The van der Waals surface area contributed by atoms with E-state index < -0.39 is 17.7 Å². The molecular weight excluding hydrogens is 276 g/mol. The Morgan fingerprint density at radius 3 is 2.29 bits per heavy atom. The first-order valence-electron chi connectivity index (χ1n) is 6.17. The van der Waals surface area contributed by atoms with Gasteiger partial charge in [-0.25, -0.2) is 8.78 Å². The molecule has 0 aliphatic heterocycles. The average molecular weight is 289 g/mol. The molecule has 2 rings (SSSR count). The van der Waals surface area contributed by atoms with E-state index >= 15 is 0 Å². The van der Waals surface area contributed by atoms with Crippen molar-refractivity contribution in [2.45, 2.75) is 6.10 Å². The van der Waals surface area contributed by atoms with Gasteiger partial charge in [-0.2, -0.15) is 5.26 Å². The average Bonchev–Trinajstić information content (AvgIpc) is 2.46. The summed E-state index contributed by atoms with van der Waals surface area (Å²) < 4.78 is 27.3. The number of benzene rings is 2. The second-order valence-electron chi connectivity index (χ2n) is 4.49. The van der Waals surface area contributed by atoms with E-state index in [1.807, 2.05) is 0 Å². The minimum atomic E-state index is -0.944. The number of aliphatic hydroxyl groups excluding tert-OH is 1. The Bertz CT molecular complexity index is 657. The fourth-order valence-corrected chi connectivity index (χ4v) is 1.84. The molecule has 2 aromatic carbocycles. The van der Waals surface area contributed by atoms with Gasteiger partial charge in [-0.3, -0.25) is 0 Å². The van der Waals surface area contributed by atoms with E-state index in [1.54, 1.807) is 30.3 Å². The molecule has 0 aliphatic rings. The van der Waals surface area contributed by atoms with Crippen LogP contribution in [0.4, 0.5) is 20.2 Å². The highest BCUT2D eigenvalue weighted by Crippen LogP contribution is 2.22. The normalized spacial score (nSPS) is 11.7. The van der Waals surface area contributed by atoms with Crippen LogP contribution < -0.4 is 11.1 Å². The zero-order valence-electron chi connectivity index (χ0n) is 11.0. The number of nitriles is 1. The Kier molecular flexibility index (Phi) is 4.36. The summed E-state index contributed by atoms with van der Waals surface area (Å²) in [6.45, 7) is -0.0797. The van der Waals surface area contributed by atoms with Crippen molar-refractivity contribution < 1.29 is 13.9 Å². The predicted molar refractivity (Wildman–Crippen MR) is 75.4 cm³/mol. The molecule has 0 aromatic heterocycles. The Morgan fingerprint density at radius 2 is 1.76 bits per heavy atom. The summed E-state index contributed by atoms with van der Waals surface area (Å²) in [6.07, 6.45) is -0.944. The molecule has 21 heavy (non-hydrogen) atoms. The lowest BCUT2D eigenvalue weighted by Crippen LogP contribution is -2.14. The van der Waals surface area contributed by atoms with Crippen LogP contribution >= 0.6 is 0 Å². The molecule has 2 aromatic rings. The van der Waals surface area contributed by atoms with Gasteiger partial charge >= 0.3 is 0 Å². The maximum absolute atomic E-state index is 13.7. The van der Waals surface area contributed by atoms with Crippen LogP contribution in [0.5, 0.6) is 0 Å². The van der Waals surface area contributed by atoms with Crippen molar-refractivity contribution >= 4 is 11.4 Å². The zero-order valence-corrected chi connectivity index (χ0v) is 11.0. The number of nitrogens with zero attached hydrogens (tertiary/aromatic N) is 1. The fourth-order valence-electron chi connectivity index (χ4n) is 1.84. The Hall–Kier alpha value is -2.65. The van der Waals surface area contributed by atoms with Gasteiger partial charge in [-0.1, -0.05) is 12.1 Å². The SMILES string of the molecule is N#Cc1cc(F)c(NCC(O)c2ccc(N)cc2)c(F)c1. The van der Waals surface area contributed by atoms with E-state index in [0.717, 1.165) is 12.1 Å². The van der Waals surface area contributed by atoms with Crippen LogP contribution in [0, 0.1) is 23.0 Å². The van der Waals surface area contributed by atoms with Crippen LogP contribution in [-0.2, 0) is 0 Å². The number of nitrogens with two attached hydrogens (primary N) is 1. The molecule has 4 nitrogen and oxygen atoms in total. The van der Waals surface area contributed by atoms with E-state index in [-0.39, 0.29) is 17.8 Å². The van der Waals surface area contributed by atoms with Gasteiger partial charge in [0.15, 0.2) is 11.6 Å². The smallest absolute Gasteiger partial charge is 0.150 e. The van der Waals surface area contributed by atoms with E-state index in [4.69, 9.17) is 11.0 Å². The van der Waals surface area contributed by atoms with Crippen LogP contribution in [-0.4, -0.2) is 11.7 Å². The fraction of sp³-hybridized carbons (Fsp3) is 0.133. The van der Waals surface area contributed by atoms with Gasteiger partial charge in [0, 0.05) is 12.2 Å². The summed E-state index contributed by atoms with van der Waals surface area (Å²) in [7, 11) is 0. The molecule has 0 aliphatic carbocycles. The molecule has 4 N–H and O–H groups in total. The van der Waals surface area contributed by atoms with Crippen molar-refractivity contribution in [3.8, 4) is 6.07 Å². The number of anilines is 2. The van der Waals surface area contributed by atoms with Gasteiger partial charge in [-0.05, 0) is 29.8 Å². The molecule has 6 heteroatoms. The highest BCUT2D eigenvalue weighted by molar-refractivity contribution is 5.50. The minimum absolute atomic E-state index is 0.0797. The molecule has 108 valence electrons. The third-order valence-corrected chi connectivity index (χ3v) is 2.96. The Labute approximate surface area is 120 Å². The molecular formula is C15H13F2N3O. The molecule has 0 saturated heterocycles. The second kappa shape index (κ2) is 6.20. The maximum atomic E-state index is 13.7. The van der Waals surface area contributed by atoms with Crippen LogP contribution in [0.2, 0.25) is 0 Å². The second-order valence-corrected chi connectivity index (χ2v) is 4.49. The first kappa shape index (κ1) is 14.8. The van der Waals surface area contributed by atoms with E-state index in [9.17, 15) is 13.9 Å². The summed E-state index contributed by atoms with van der Waals surface area (Å²) in [5, 5.41) is 21.1. The number of hydrogen-bond donors (Lipinski definition) is 3. The van der Waals surface area contributed by atoms with Crippen molar-refractivity contribution in [1.82, 2.24) is 0 Å². The lowest BCUT2D eigenvalue weighted by atomic mass is 10.1. The standard InChI is InChI=1S/C15H13F2N3O/c16-12-5-9(7-18)6-13(17)15(12)20-8-14(21)10-1-3-11(19)4-2-10/h1-6,14,20-21H,8,19H2. The monoisotopic (exact) mass is 289 g/mol. The summed E-state index contributed by atoms with van der Waals surface area (Å²) in [5.41, 5.74) is 6.20. The van der Waals surface area contributed by atoms with Crippen molar-refractivity contribution in [3.63, 3.8) is 0 Å². The summed E-state index contributed by atoms with van der Waals surface area (Å²) in [5.74, 6) is -1.76. The number of nitrogen functional groups attached to an aromatic ring is 1. The number of rotatable bonds is 4. The Balaban J connectivity index is 2.10. The molecule has 0 spiro atoms. The molecule has 1 unspecified atom stereocenters. The van der Waals surface area contributed by atoms with Gasteiger partial charge in [-0.15, -0.1) is 0 Å². The molecule has 0 amide bonds. The molecule has 0 saturated carbocycles. The van der Waals surface area contributed by atoms with Crippen LogP contribution in [0.15, 0.2) is 36.4 Å². The molecule has 0 heterocycles. The topological polar surface area (TPSA) is 82.1 Å². The van der Waals surface area contributed by atoms with Gasteiger partial charge in [0.1, 0.15) is 5.69 Å². The third-order valence-electron chi connectivity index (χ3n) is 2.96. The number of hydrogen-bond acceptors (Lipinski definition) is 4. The van der Waals surface area contributed by atoms with E-state index in [1.165, 1.54) is 0 Å². The summed E-state index contributed by atoms with van der Waals surface area (Å²) in [4.78, 5) is 0. The zero-order chi connectivity index (χ0) is 15.4. The largest absolute Gasteiger partial charge is 0.399 e. The molecule has 0 fully saturated rings. The van der Waals surface area contributed by atoms with E-state index in [0.29, 0.717) is 11.3 Å². The van der Waals surface area contributed by atoms with Crippen LogP contribution in [0.1, 0.15) is 17.2 Å². The molecule has 1 atom stereocenters. The third kappa shape index (κ3) is 3.46. The predicted octanol–water partition coefficient (Wildman–Crippen LogP) is 2.56. The quantitative estimate of drug-likeness (QED) is 0.755. The first-order valence-corrected chi connectivity index (χ1v) is 6.17. The van der Waals surface area contributed by atoms with Gasteiger partial charge in [0.05, 0.1) is 17.7 Å². The summed E-state index contributed by atoms with van der Waals surface area (Å²) in [6, 6.07) is 10.0. The minimum Gasteiger partial charge on any atom is -0.399 e.